The number of aliphatic imine (C=N–C) groups is 1. The van der Waals surface area contributed by atoms with E-state index in [4.69, 9.17) is 4.74 Å². The van der Waals surface area contributed by atoms with Crippen molar-refractivity contribution in [1.82, 2.24) is 14.8 Å². The molecular formula is C29H21F7N6O3S2. The van der Waals surface area contributed by atoms with Gasteiger partial charge >= 0.3 is 17.7 Å². The van der Waals surface area contributed by atoms with Gasteiger partial charge in [0.15, 0.2) is 11.0 Å². The number of aryl methyl sites for hydroxylation is 1. The van der Waals surface area contributed by atoms with Crippen molar-refractivity contribution in [2.75, 3.05) is 22.6 Å². The molecule has 18 heteroatoms. The van der Waals surface area contributed by atoms with E-state index in [1.54, 1.807) is 19.1 Å². The monoisotopic (exact) mass is 698 g/mol. The van der Waals surface area contributed by atoms with E-state index in [0.29, 0.717) is 11.3 Å². The van der Waals surface area contributed by atoms with E-state index in [1.807, 2.05) is 0 Å². The van der Waals surface area contributed by atoms with E-state index in [9.17, 15) is 35.9 Å². The number of anilines is 2. The number of amidine groups is 1. The normalized spacial score (nSPS) is 14.7. The molecule has 1 N–H and O–H groups in total. The number of nitrogens with zero attached hydrogens (tertiary/aromatic N) is 5. The number of alkyl halides is 6. The van der Waals surface area contributed by atoms with Gasteiger partial charge in [-0.15, -0.1) is 5.10 Å². The molecule has 3 aromatic carbocycles. The summed E-state index contributed by atoms with van der Waals surface area (Å²) in [6.07, 6.45) is -3.24. The van der Waals surface area contributed by atoms with E-state index >= 15 is 4.39 Å². The quantitative estimate of drug-likeness (QED) is 0.148. The van der Waals surface area contributed by atoms with Crippen molar-refractivity contribution in [3.63, 3.8) is 0 Å². The molecule has 47 heavy (non-hydrogen) atoms. The highest BCUT2D eigenvalue weighted by Crippen LogP contribution is 2.37. The van der Waals surface area contributed by atoms with Gasteiger partial charge in [-0.2, -0.15) is 31.3 Å². The highest BCUT2D eigenvalue weighted by atomic mass is 32.2. The number of aromatic nitrogens is 3. The van der Waals surface area contributed by atoms with Crippen LogP contribution in [-0.4, -0.2) is 55.9 Å². The molecule has 1 aliphatic rings. The minimum Gasteiger partial charge on any atom is -0.367 e. The number of urea groups is 1. The van der Waals surface area contributed by atoms with Crippen LogP contribution in [0, 0.1) is 12.7 Å². The lowest BCUT2D eigenvalue weighted by molar-refractivity contribution is -0.176. The van der Waals surface area contributed by atoms with Crippen molar-refractivity contribution in [3.8, 4) is 17.1 Å². The van der Waals surface area contributed by atoms with Gasteiger partial charge in [0.2, 0.25) is 5.91 Å². The smallest absolute Gasteiger partial charge is 0.367 e. The first-order valence-corrected chi connectivity index (χ1v) is 15.1. The highest BCUT2D eigenvalue weighted by molar-refractivity contribution is 8.15. The number of benzene rings is 3. The van der Waals surface area contributed by atoms with Gasteiger partial charge in [0, 0.05) is 16.0 Å². The summed E-state index contributed by atoms with van der Waals surface area (Å²) in [6, 6.07) is 12.8. The number of carbonyl (C=O) groups is 2. The first kappa shape index (κ1) is 33.9. The number of nitrogens with one attached hydrogen (secondary N) is 1. The van der Waals surface area contributed by atoms with Crippen molar-refractivity contribution in [2.45, 2.75) is 30.1 Å². The van der Waals surface area contributed by atoms with Crippen LogP contribution >= 0.6 is 23.5 Å². The molecule has 0 aliphatic carbocycles. The second kappa shape index (κ2) is 13.7. The van der Waals surface area contributed by atoms with Crippen molar-refractivity contribution in [2.24, 2.45) is 4.99 Å². The summed E-state index contributed by atoms with van der Waals surface area (Å²) < 4.78 is 96.7. The Morgan fingerprint density at radius 1 is 1.06 bits per heavy atom. The van der Waals surface area contributed by atoms with E-state index in [0.717, 1.165) is 22.7 Å². The van der Waals surface area contributed by atoms with E-state index < -0.39 is 42.7 Å². The Balaban J connectivity index is 1.29. The summed E-state index contributed by atoms with van der Waals surface area (Å²) in [4.78, 5) is 34.7. The van der Waals surface area contributed by atoms with Gasteiger partial charge in [0.1, 0.15) is 18.8 Å². The Bertz CT molecular complexity index is 1830. The number of carbonyl (C=O) groups excluding carboxylic acids is 2. The molecule has 5 rings (SSSR count). The molecule has 2 heterocycles. The third-order valence-electron chi connectivity index (χ3n) is 6.26. The number of ether oxygens (including phenoxy) is 1. The summed E-state index contributed by atoms with van der Waals surface area (Å²) in [5.41, 5.74) is -2.87. The fourth-order valence-electron chi connectivity index (χ4n) is 4.27. The molecule has 1 saturated heterocycles. The molecule has 0 spiro atoms. The topological polar surface area (TPSA) is 102 Å². The van der Waals surface area contributed by atoms with Crippen LogP contribution in [0.4, 0.5) is 46.9 Å². The minimum atomic E-state index is -4.54. The number of thioether (sulfide) groups is 2. The van der Waals surface area contributed by atoms with E-state index in [1.165, 1.54) is 53.5 Å². The van der Waals surface area contributed by atoms with E-state index in [-0.39, 0.29) is 55.9 Å². The first-order chi connectivity index (χ1) is 22.1. The average molecular weight is 699 g/mol. The zero-order valence-corrected chi connectivity index (χ0v) is 25.5. The average Bonchev–Trinajstić information content (AvgIpc) is 3.61. The molecule has 0 radical (unpaired) electrons. The maximum atomic E-state index is 15.0. The van der Waals surface area contributed by atoms with Crippen molar-refractivity contribution >= 4 is 52.0 Å². The summed E-state index contributed by atoms with van der Waals surface area (Å²) >= 11 is 0.670. The van der Waals surface area contributed by atoms with Gasteiger partial charge in [0.25, 0.3) is 0 Å². The predicted molar refractivity (Wildman–Crippen MR) is 162 cm³/mol. The molecule has 4 aromatic rings. The lowest BCUT2D eigenvalue weighted by Crippen LogP contribution is -2.31. The van der Waals surface area contributed by atoms with Crippen LogP contribution in [0.15, 0.2) is 76.9 Å². The molecule has 0 bridgehead atoms. The lowest BCUT2D eigenvalue weighted by Gasteiger charge is -2.21. The van der Waals surface area contributed by atoms with Crippen molar-refractivity contribution < 1.29 is 45.1 Å². The van der Waals surface area contributed by atoms with Crippen LogP contribution < -0.4 is 10.2 Å². The van der Waals surface area contributed by atoms with E-state index in [2.05, 4.69) is 20.4 Å². The van der Waals surface area contributed by atoms with Crippen LogP contribution in [0.25, 0.3) is 17.1 Å². The van der Waals surface area contributed by atoms with Crippen LogP contribution in [0.2, 0.25) is 0 Å². The maximum Gasteiger partial charge on any atom is 0.446 e. The van der Waals surface area contributed by atoms with Crippen LogP contribution in [0.3, 0.4) is 0 Å². The number of hydrogen-bond donors (Lipinski definition) is 1. The molecule has 246 valence electrons. The van der Waals surface area contributed by atoms with Gasteiger partial charge < -0.3 is 10.1 Å². The van der Waals surface area contributed by atoms with Gasteiger partial charge in [-0.3, -0.25) is 9.69 Å². The summed E-state index contributed by atoms with van der Waals surface area (Å²) in [6.45, 7) is -0.233. The fourth-order valence-corrected chi connectivity index (χ4v) is 5.67. The summed E-state index contributed by atoms with van der Waals surface area (Å²) in [5, 5.41) is 6.48. The van der Waals surface area contributed by atoms with Gasteiger partial charge in [-0.1, -0.05) is 23.9 Å². The largest absolute Gasteiger partial charge is 0.446 e. The molecular weight excluding hydrogens is 677 g/mol. The standard InChI is InChI=1S/C29H21F7N6O3S2/c1-16-2-3-18(12-45-14-28(31,32)33)23(10-16)42-24(43)13-46-27(42)39-26(44)38-22-9-4-17(11-21(22)30)25-37-15-41(40-25)19-5-7-20(8-6-19)47-29(34,35)36/h2-11,15H,12-14H2,1H3,(H,38,44)/b39-27-. The highest BCUT2D eigenvalue weighted by Gasteiger charge is 2.33. The van der Waals surface area contributed by atoms with Crippen molar-refractivity contribution in [3.05, 3.63) is 83.9 Å². The summed E-state index contributed by atoms with van der Waals surface area (Å²) in [5.74, 6) is -1.33. The Kier molecular flexibility index (Phi) is 9.92. The predicted octanol–water partition coefficient (Wildman–Crippen LogP) is 7.74. The molecule has 3 amide bonds. The SMILES string of the molecule is Cc1ccc(COCC(F)(F)F)c(N2C(=O)CS/C2=N\C(=O)Nc2ccc(-c3ncn(-c4ccc(SC(F)(F)F)cc4)n3)cc2F)c1. The Labute approximate surface area is 270 Å². The molecule has 0 unspecified atom stereocenters. The second-order valence-electron chi connectivity index (χ2n) is 9.83. The Hall–Kier alpha value is -4.42. The van der Waals surface area contributed by atoms with Gasteiger partial charge in [-0.25, -0.2) is 18.9 Å². The second-order valence-corrected chi connectivity index (χ2v) is 11.9. The molecule has 0 saturated carbocycles. The summed E-state index contributed by atoms with van der Waals surface area (Å²) in [7, 11) is 0. The number of rotatable bonds is 8. The number of hydrogen-bond acceptors (Lipinski definition) is 7. The lowest BCUT2D eigenvalue weighted by atomic mass is 10.1. The molecule has 1 aromatic heterocycles. The first-order valence-electron chi connectivity index (χ1n) is 13.3. The zero-order chi connectivity index (χ0) is 33.9. The fraction of sp³-hybridized carbons (Fsp3) is 0.207. The van der Waals surface area contributed by atoms with Crippen LogP contribution in [-0.2, 0) is 16.1 Å². The molecule has 9 nitrogen and oxygen atoms in total. The van der Waals surface area contributed by atoms with Gasteiger partial charge in [0.05, 0.1) is 29.4 Å². The third kappa shape index (κ3) is 8.89. The molecule has 0 atom stereocenters. The third-order valence-corrected chi connectivity index (χ3v) is 7.93. The molecule has 1 fully saturated rings. The minimum absolute atomic E-state index is 0.00775. The number of halogens is 7. The van der Waals surface area contributed by atoms with Crippen LogP contribution in [0.1, 0.15) is 11.1 Å². The van der Waals surface area contributed by atoms with Gasteiger partial charge in [-0.05, 0) is 72.8 Å². The van der Waals surface area contributed by atoms with Crippen LogP contribution in [0.5, 0.6) is 0 Å². The molecule has 1 aliphatic heterocycles. The number of amides is 3. The Morgan fingerprint density at radius 3 is 2.49 bits per heavy atom. The zero-order valence-electron chi connectivity index (χ0n) is 23.9. The maximum absolute atomic E-state index is 15.0. The Morgan fingerprint density at radius 2 is 1.81 bits per heavy atom. The van der Waals surface area contributed by atoms with Crippen molar-refractivity contribution in [1.29, 1.82) is 0 Å².